The highest BCUT2D eigenvalue weighted by molar-refractivity contribution is 5.88. The Hall–Kier alpha value is -2.15. The highest BCUT2D eigenvalue weighted by Crippen LogP contribution is 2.38. The van der Waals surface area contributed by atoms with Gasteiger partial charge in [0.05, 0.1) is 19.9 Å². The van der Waals surface area contributed by atoms with Crippen LogP contribution in [-0.4, -0.2) is 45.1 Å². The molecule has 1 aliphatic rings. The number of ether oxygens (including phenoxy) is 4. The Morgan fingerprint density at radius 3 is 2.22 bits per heavy atom. The van der Waals surface area contributed by atoms with Gasteiger partial charge in [-0.1, -0.05) is 0 Å². The van der Waals surface area contributed by atoms with E-state index in [1.807, 2.05) is 0 Å². The van der Waals surface area contributed by atoms with Gasteiger partial charge in [0.1, 0.15) is 17.5 Å². The van der Waals surface area contributed by atoms with Crippen LogP contribution in [0.2, 0.25) is 0 Å². The van der Waals surface area contributed by atoms with Crippen molar-refractivity contribution in [1.82, 2.24) is 5.32 Å². The van der Waals surface area contributed by atoms with Crippen LogP contribution in [0.4, 0.5) is 10.5 Å². The molecule has 0 spiro atoms. The number of methoxy groups -OCH3 is 2. The Morgan fingerprint density at radius 2 is 1.74 bits per heavy atom. The molecule has 1 saturated heterocycles. The Kier molecular flexibility index (Phi) is 5.20. The molecule has 0 atom stereocenters. The van der Waals surface area contributed by atoms with E-state index in [1.165, 1.54) is 7.11 Å². The van der Waals surface area contributed by atoms with E-state index < -0.39 is 11.7 Å². The van der Waals surface area contributed by atoms with E-state index in [4.69, 9.17) is 18.9 Å². The smallest absolute Gasteiger partial charge is 0.412 e. The van der Waals surface area contributed by atoms with Crippen molar-refractivity contribution in [3.63, 3.8) is 0 Å². The molecule has 0 unspecified atom stereocenters. The molecule has 0 aromatic heterocycles. The quantitative estimate of drug-likeness (QED) is 0.866. The minimum absolute atomic E-state index is 0.0623. The van der Waals surface area contributed by atoms with E-state index >= 15 is 0 Å². The van der Waals surface area contributed by atoms with Gasteiger partial charge in [0.15, 0.2) is 11.5 Å². The van der Waals surface area contributed by atoms with Gasteiger partial charge in [0.25, 0.3) is 0 Å². The van der Waals surface area contributed by atoms with Crippen LogP contribution >= 0.6 is 0 Å². The highest BCUT2D eigenvalue weighted by Gasteiger charge is 2.23. The molecular weight excluding hydrogens is 300 g/mol. The molecule has 0 radical (unpaired) electrons. The van der Waals surface area contributed by atoms with Crippen LogP contribution in [0, 0.1) is 0 Å². The predicted octanol–water partition coefficient (Wildman–Crippen LogP) is 2.40. The lowest BCUT2D eigenvalue weighted by Crippen LogP contribution is -2.50. The summed E-state index contributed by atoms with van der Waals surface area (Å²) < 4.78 is 21.7. The Morgan fingerprint density at radius 1 is 1.13 bits per heavy atom. The van der Waals surface area contributed by atoms with Gasteiger partial charge in [0, 0.05) is 25.2 Å². The number of anilines is 1. The van der Waals surface area contributed by atoms with E-state index in [-0.39, 0.29) is 6.10 Å². The molecule has 1 aromatic rings. The molecule has 1 aromatic carbocycles. The van der Waals surface area contributed by atoms with Crippen LogP contribution in [0.25, 0.3) is 0 Å². The fraction of sp³-hybridized carbons (Fsp3) is 0.562. The number of rotatable bonds is 5. The average Bonchev–Trinajstić information content (AvgIpc) is 2.41. The first-order valence-electron chi connectivity index (χ1n) is 7.46. The first-order chi connectivity index (χ1) is 10.8. The second kappa shape index (κ2) is 6.95. The Labute approximate surface area is 136 Å². The molecule has 1 aliphatic heterocycles. The van der Waals surface area contributed by atoms with Crippen molar-refractivity contribution in [3.05, 3.63) is 12.1 Å². The van der Waals surface area contributed by atoms with Gasteiger partial charge in [-0.2, -0.15) is 0 Å². The summed E-state index contributed by atoms with van der Waals surface area (Å²) in [6.45, 7) is 6.94. The van der Waals surface area contributed by atoms with E-state index in [9.17, 15) is 4.79 Å². The van der Waals surface area contributed by atoms with E-state index in [0.717, 1.165) is 13.1 Å². The van der Waals surface area contributed by atoms with Gasteiger partial charge in [-0.3, -0.25) is 5.32 Å². The summed E-state index contributed by atoms with van der Waals surface area (Å²) in [6, 6.07) is 3.36. The summed E-state index contributed by atoms with van der Waals surface area (Å²) in [5.41, 5.74) is -0.108. The maximum absolute atomic E-state index is 12.0. The summed E-state index contributed by atoms with van der Waals surface area (Å²) in [7, 11) is 3.08. The molecule has 0 aliphatic carbocycles. The summed E-state index contributed by atoms with van der Waals surface area (Å²) in [5, 5.41) is 5.84. The number of amides is 1. The van der Waals surface area contributed by atoms with E-state index in [1.54, 1.807) is 40.0 Å². The fourth-order valence-electron chi connectivity index (χ4n) is 1.99. The first kappa shape index (κ1) is 17.2. The minimum atomic E-state index is -0.584. The maximum atomic E-state index is 12.0. The summed E-state index contributed by atoms with van der Waals surface area (Å²) >= 11 is 0. The van der Waals surface area contributed by atoms with Crippen molar-refractivity contribution in [2.75, 3.05) is 32.6 Å². The third kappa shape index (κ3) is 4.66. The Bertz CT molecular complexity index is 564. The monoisotopic (exact) mass is 324 g/mol. The molecule has 7 nitrogen and oxygen atoms in total. The van der Waals surface area contributed by atoms with Crippen LogP contribution in [0.3, 0.4) is 0 Å². The minimum Gasteiger partial charge on any atom is -0.493 e. The lowest BCUT2D eigenvalue weighted by Gasteiger charge is -2.29. The molecule has 0 bridgehead atoms. The van der Waals surface area contributed by atoms with Crippen molar-refractivity contribution in [2.45, 2.75) is 32.5 Å². The summed E-state index contributed by atoms with van der Waals surface area (Å²) in [4.78, 5) is 12.0. The van der Waals surface area contributed by atoms with Gasteiger partial charge in [0.2, 0.25) is 0 Å². The largest absolute Gasteiger partial charge is 0.493 e. The second-order valence-corrected chi connectivity index (χ2v) is 6.23. The number of nitrogens with one attached hydrogen (secondary N) is 2. The van der Waals surface area contributed by atoms with Crippen LogP contribution < -0.4 is 24.8 Å². The van der Waals surface area contributed by atoms with Crippen LogP contribution in [0.5, 0.6) is 17.2 Å². The highest BCUT2D eigenvalue weighted by atomic mass is 16.6. The maximum Gasteiger partial charge on any atom is 0.412 e. The lowest BCUT2D eigenvalue weighted by molar-refractivity contribution is 0.0634. The molecule has 2 rings (SSSR count). The molecule has 1 amide bonds. The standard InChI is InChI=1S/C16H24N2O5/c1-16(2,3)23-15(19)18-11-6-13(20-4)14(21-5)7-12(11)22-10-8-17-9-10/h6-7,10,17H,8-9H2,1-5H3,(H,18,19). The zero-order valence-electron chi connectivity index (χ0n) is 14.2. The van der Waals surface area contributed by atoms with Gasteiger partial charge in [-0.25, -0.2) is 4.79 Å². The SMILES string of the molecule is COc1cc(NC(=O)OC(C)(C)C)c(OC2CNC2)cc1OC. The molecular formula is C16H24N2O5. The lowest BCUT2D eigenvalue weighted by atomic mass is 10.2. The predicted molar refractivity (Wildman–Crippen MR) is 86.7 cm³/mol. The second-order valence-electron chi connectivity index (χ2n) is 6.23. The summed E-state index contributed by atoms with van der Waals surface area (Å²) in [6.07, 6.45) is -0.492. The zero-order chi connectivity index (χ0) is 17.0. The number of carbonyl (C=O) groups is 1. The molecule has 2 N–H and O–H groups in total. The normalized spacial score (nSPS) is 14.7. The third-order valence-electron chi connectivity index (χ3n) is 3.16. The average molecular weight is 324 g/mol. The van der Waals surface area contributed by atoms with Gasteiger partial charge < -0.3 is 24.3 Å². The van der Waals surface area contributed by atoms with Crippen molar-refractivity contribution >= 4 is 11.8 Å². The third-order valence-corrected chi connectivity index (χ3v) is 3.16. The van der Waals surface area contributed by atoms with Crippen LogP contribution in [0.1, 0.15) is 20.8 Å². The summed E-state index contributed by atoms with van der Waals surface area (Å²) in [5.74, 6) is 1.54. The molecule has 7 heteroatoms. The Balaban J connectivity index is 2.24. The van der Waals surface area contributed by atoms with Crippen molar-refractivity contribution < 1.29 is 23.7 Å². The number of carbonyl (C=O) groups excluding carboxylic acids is 1. The number of hydrogen-bond donors (Lipinski definition) is 2. The van der Waals surface area contributed by atoms with Crippen LogP contribution in [-0.2, 0) is 4.74 Å². The topological polar surface area (TPSA) is 78.1 Å². The van der Waals surface area contributed by atoms with E-state index in [2.05, 4.69) is 10.6 Å². The number of hydrogen-bond acceptors (Lipinski definition) is 6. The van der Waals surface area contributed by atoms with Crippen molar-refractivity contribution in [2.24, 2.45) is 0 Å². The molecule has 1 heterocycles. The van der Waals surface area contributed by atoms with Gasteiger partial charge in [-0.05, 0) is 20.8 Å². The zero-order valence-corrected chi connectivity index (χ0v) is 14.2. The first-order valence-corrected chi connectivity index (χ1v) is 7.46. The molecule has 0 saturated carbocycles. The van der Waals surface area contributed by atoms with Crippen LogP contribution in [0.15, 0.2) is 12.1 Å². The molecule has 1 fully saturated rings. The van der Waals surface area contributed by atoms with Crippen molar-refractivity contribution in [1.29, 1.82) is 0 Å². The van der Waals surface area contributed by atoms with Gasteiger partial charge >= 0.3 is 6.09 Å². The van der Waals surface area contributed by atoms with Gasteiger partial charge in [-0.15, -0.1) is 0 Å². The molecule has 23 heavy (non-hydrogen) atoms. The molecule has 128 valence electrons. The van der Waals surface area contributed by atoms with Crippen molar-refractivity contribution in [3.8, 4) is 17.2 Å². The number of benzene rings is 1. The van der Waals surface area contributed by atoms with E-state index in [0.29, 0.717) is 22.9 Å². The fourth-order valence-corrected chi connectivity index (χ4v) is 1.99.